The highest BCUT2D eigenvalue weighted by atomic mass is 32.1. The zero-order valence-electron chi connectivity index (χ0n) is 19.1. The lowest BCUT2D eigenvalue weighted by Crippen LogP contribution is -2.51. The van der Waals surface area contributed by atoms with Gasteiger partial charge in [-0.25, -0.2) is 9.97 Å². The molecule has 2 amide bonds. The molecular weight excluding hydrogens is 448 g/mol. The molecule has 0 aliphatic carbocycles. The van der Waals surface area contributed by atoms with Crippen molar-refractivity contribution in [1.29, 1.82) is 0 Å². The van der Waals surface area contributed by atoms with Crippen LogP contribution in [-0.4, -0.2) is 49.2 Å². The van der Waals surface area contributed by atoms with Gasteiger partial charge >= 0.3 is 0 Å². The van der Waals surface area contributed by atoms with Crippen molar-refractivity contribution in [2.45, 2.75) is 39.3 Å². The van der Waals surface area contributed by atoms with Crippen LogP contribution in [0.1, 0.15) is 41.1 Å². The number of aromatic amines is 1. The second-order valence-electron chi connectivity index (χ2n) is 8.62. The van der Waals surface area contributed by atoms with Crippen LogP contribution in [0.2, 0.25) is 0 Å². The van der Waals surface area contributed by atoms with Gasteiger partial charge in [-0.3, -0.25) is 14.6 Å². The number of aryl methyl sites for hydroxylation is 1. The fourth-order valence-electron chi connectivity index (χ4n) is 4.41. The van der Waals surface area contributed by atoms with Crippen LogP contribution in [0.4, 0.5) is 0 Å². The van der Waals surface area contributed by atoms with Crippen molar-refractivity contribution in [2.75, 3.05) is 6.54 Å². The van der Waals surface area contributed by atoms with Crippen molar-refractivity contribution in [3.8, 4) is 11.3 Å². The van der Waals surface area contributed by atoms with E-state index in [4.69, 9.17) is 0 Å². The molecule has 0 spiro atoms. The van der Waals surface area contributed by atoms with Crippen molar-refractivity contribution < 1.29 is 9.59 Å². The Hall–Kier alpha value is -3.59. The molecule has 0 saturated carbocycles. The van der Waals surface area contributed by atoms with Crippen LogP contribution in [-0.2, 0) is 11.3 Å². The van der Waals surface area contributed by atoms with Crippen LogP contribution in [0, 0.1) is 12.8 Å². The van der Waals surface area contributed by atoms with Gasteiger partial charge in [-0.15, -0.1) is 11.3 Å². The third kappa shape index (κ3) is 4.43. The lowest BCUT2D eigenvalue weighted by atomic mass is 9.89. The molecule has 2 N–H and O–H groups in total. The van der Waals surface area contributed by atoms with Crippen molar-refractivity contribution in [3.63, 3.8) is 0 Å². The first kappa shape index (κ1) is 22.2. The maximum absolute atomic E-state index is 13.2. The average molecular weight is 475 g/mol. The smallest absolute Gasteiger partial charge is 0.289 e. The second kappa shape index (κ2) is 9.34. The summed E-state index contributed by atoms with van der Waals surface area (Å²) >= 11 is 1.51. The molecule has 5 rings (SSSR count). The van der Waals surface area contributed by atoms with Gasteiger partial charge in [-0.2, -0.15) is 0 Å². The van der Waals surface area contributed by atoms with E-state index in [9.17, 15) is 9.59 Å². The number of nitrogens with zero attached hydrogens (tertiary/aromatic N) is 4. The zero-order valence-corrected chi connectivity index (χ0v) is 19.9. The Morgan fingerprint density at radius 3 is 2.85 bits per heavy atom. The molecule has 8 nitrogen and oxygen atoms in total. The SMILES string of the molecule is Cc1ccc(-c2csc(CNC(=O)[C@H]3CCCN(C(=O)c4nc5ccccc5[nH]4)[C@H]3C)n2)cn1. The fraction of sp³-hybridized carbons (Fsp3) is 0.320. The van der Waals surface area contributed by atoms with Crippen molar-refractivity contribution in [2.24, 2.45) is 5.92 Å². The predicted octanol–water partition coefficient (Wildman–Crippen LogP) is 3.95. The summed E-state index contributed by atoms with van der Waals surface area (Å²) in [6.45, 7) is 4.87. The number of nitrogens with one attached hydrogen (secondary N) is 2. The molecule has 4 heterocycles. The number of fused-ring (bicyclic) bond motifs is 1. The summed E-state index contributed by atoms with van der Waals surface area (Å²) in [5.41, 5.74) is 4.36. The number of thiazole rings is 1. The van der Waals surface area contributed by atoms with E-state index in [0.29, 0.717) is 18.9 Å². The standard InChI is InChI=1S/C25H26N6O2S/c1-15-9-10-17(12-26-15)21-14-34-22(28-21)13-27-24(32)18-6-5-11-31(16(18)2)25(33)23-29-19-7-3-4-8-20(19)30-23/h3-4,7-10,12,14,16,18H,5-6,11,13H2,1-2H3,(H,27,32)(H,29,30)/t16-,18-/m0/s1. The zero-order chi connectivity index (χ0) is 23.7. The van der Waals surface area contributed by atoms with E-state index in [1.165, 1.54) is 11.3 Å². The summed E-state index contributed by atoms with van der Waals surface area (Å²) in [5.74, 6) is -0.182. The number of amides is 2. The van der Waals surface area contributed by atoms with Crippen LogP contribution in [0.3, 0.4) is 0 Å². The summed E-state index contributed by atoms with van der Waals surface area (Å²) in [6.07, 6.45) is 3.33. The maximum atomic E-state index is 13.2. The Bertz CT molecular complexity index is 1300. The van der Waals surface area contributed by atoms with Gasteiger partial charge in [0.2, 0.25) is 5.91 Å². The van der Waals surface area contributed by atoms with E-state index in [1.54, 1.807) is 4.90 Å². The quantitative estimate of drug-likeness (QED) is 0.456. The van der Waals surface area contributed by atoms with E-state index >= 15 is 0 Å². The molecular formula is C25H26N6O2S. The number of pyridine rings is 1. The highest BCUT2D eigenvalue weighted by Crippen LogP contribution is 2.26. The molecule has 3 aromatic heterocycles. The minimum absolute atomic E-state index is 0.0524. The second-order valence-corrected chi connectivity index (χ2v) is 9.57. The van der Waals surface area contributed by atoms with Crippen LogP contribution in [0.5, 0.6) is 0 Å². The number of carbonyl (C=O) groups is 2. The van der Waals surface area contributed by atoms with Crippen LogP contribution >= 0.6 is 11.3 Å². The van der Waals surface area contributed by atoms with Gasteiger partial charge in [-0.05, 0) is 51.0 Å². The molecule has 174 valence electrons. The molecule has 1 saturated heterocycles. The lowest BCUT2D eigenvalue weighted by Gasteiger charge is -2.38. The van der Waals surface area contributed by atoms with Gasteiger partial charge in [0, 0.05) is 35.4 Å². The lowest BCUT2D eigenvalue weighted by molar-refractivity contribution is -0.128. The van der Waals surface area contributed by atoms with Gasteiger partial charge < -0.3 is 15.2 Å². The number of hydrogen-bond acceptors (Lipinski definition) is 6. The van der Waals surface area contributed by atoms with Gasteiger partial charge in [0.15, 0.2) is 5.82 Å². The topological polar surface area (TPSA) is 104 Å². The Morgan fingerprint density at radius 2 is 2.06 bits per heavy atom. The monoisotopic (exact) mass is 474 g/mol. The number of benzene rings is 1. The summed E-state index contributed by atoms with van der Waals surface area (Å²) in [5, 5.41) is 5.84. The van der Waals surface area contributed by atoms with Gasteiger partial charge in [-0.1, -0.05) is 12.1 Å². The van der Waals surface area contributed by atoms with Crippen LogP contribution < -0.4 is 5.32 Å². The number of piperidine rings is 1. The molecule has 2 atom stereocenters. The third-order valence-corrected chi connectivity index (χ3v) is 7.20. The van der Waals surface area contributed by atoms with Crippen molar-refractivity contribution in [3.05, 3.63) is 64.5 Å². The Kier molecular flexibility index (Phi) is 6.10. The number of H-pyrrole nitrogens is 1. The molecule has 34 heavy (non-hydrogen) atoms. The van der Waals surface area contributed by atoms with Crippen LogP contribution in [0.15, 0.2) is 48.0 Å². The number of hydrogen-bond donors (Lipinski definition) is 2. The molecule has 1 fully saturated rings. The molecule has 0 bridgehead atoms. The maximum Gasteiger partial charge on any atom is 0.289 e. The van der Waals surface area contributed by atoms with Crippen molar-refractivity contribution >= 4 is 34.2 Å². The summed E-state index contributed by atoms with van der Waals surface area (Å²) in [4.78, 5) is 44.5. The highest BCUT2D eigenvalue weighted by Gasteiger charge is 2.36. The molecule has 1 aromatic carbocycles. The predicted molar refractivity (Wildman–Crippen MR) is 131 cm³/mol. The molecule has 4 aromatic rings. The first-order chi connectivity index (χ1) is 16.5. The number of carbonyl (C=O) groups excluding carboxylic acids is 2. The average Bonchev–Trinajstić information content (AvgIpc) is 3.50. The summed E-state index contributed by atoms with van der Waals surface area (Å²) in [7, 11) is 0. The molecule has 1 aliphatic heterocycles. The summed E-state index contributed by atoms with van der Waals surface area (Å²) in [6, 6.07) is 11.3. The van der Waals surface area contributed by atoms with E-state index < -0.39 is 0 Å². The van der Waals surface area contributed by atoms with Gasteiger partial charge in [0.05, 0.1) is 29.2 Å². The number of aromatic nitrogens is 4. The molecule has 9 heteroatoms. The normalized spacial score (nSPS) is 18.2. The molecule has 0 radical (unpaired) electrons. The highest BCUT2D eigenvalue weighted by molar-refractivity contribution is 7.09. The number of para-hydroxylation sites is 2. The minimum Gasteiger partial charge on any atom is -0.349 e. The number of likely N-dealkylation sites (tertiary alicyclic amines) is 1. The van der Waals surface area contributed by atoms with Gasteiger partial charge in [0.1, 0.15) is 5.01 Å². The Balaban J connectivity index is 1.22. The van der Waals surface area contributed by atoms with Gasteiger partial charge in [0.25, 0.3) is 5.91 Å². The Morgan fingerprint density at radius 1 is 1.21 bits per heavy atom. The largest absolute Gasteiger partial charge is 0.349 e. The fourth-order valence-corrected chi connectivity index (χ4v) is 5.15. The van der Waals surface area contributed by atoms with E-state index in [1.807, 2.05) is 61.8 Å². The van der Waals surface area contributed by atoms with Crippen molar-refractivity contribution in [1.82, 2.24) is 30.2 Å². The number of imidazole rings is 1. The van der Waals surface area contributed by atoms with E-state index in [-0.39, 0.29) is 23.8 Å². The molecule has 0 unspecified atom stereocenters. The summed E-state index contributed by atoms with van der Waals surface area (Å²) < 4.78 is 0. The first-order valence-corrected chi connectivity index (χ1v) is 12.3. The first-order valence-electron chi connectivity index (χ1n) is 11.4. The number of rotatable bonds is 5. The minimum atomic E-state index is -0.275. The van der Waals surface area contributed by atoms with E-state index in [0.717, 1.165) is 45.8 Å². The molecule has 1 aliphatic rings. The third-order valence-electron chi connectivity index (χ3n) is 6.35. The van der Waals surface area contributed by atoms with Crippen LogP contribution in [0.25, 0.3) is 22.3 Å². The Labute approximate surface area is 201 Å². The van der Waals surface area contributed by atoms with E-state index in [2.05, 4.69) is 25.3 Å².